The van der Waals surface area contributed by atoms with Crippen molar-refractivity contribution in [2.45, 2.75) is 26.7 Å². The number of halogens is 1. The highest BCUT2D eigenvalue weighted by atomic mass is 127. The molecule has 0 aliphatic carbocycles. The van der Waals surface area contributed by atoms with Gasteiger partial charge in [0.05, 0.1) is 5.69 Å². The second kappa shape index (κ2) is 6.84. The fourth-order valence-electron chi connectivity index (χ4n) is 2.06. The van der Waals surface area contributed by atoms with Crippen molar-refractivity contribution in [1.29, 1.82) is 0 Å². The number of nitrogens with zero attached hydrogens (tertiary/aromatic N) is 1. The number of anilines is 1. The van der Waals surface area contributed by atoms with E-state index in [2.05, 4.69) is 37.9 Å². The summed E-state index contributed by atoms with van der Waals surface area (Å²) in [6.07, 6.45) is 0.628. The van der Waals surface area contributed by atoms with Gasteiger partial charge in [-0.1, -0.05) is 12.1 Å². The van der Waals surface area contributed by atoms with E-state index in [0.717, 1.165) is 9.26 Å². The van der Waals surface area contributed by atoms with Crippen LogP contribution in [0.2, 0.25) is 0 Å². The van der Waals surface area contributed by atoms with Crippen molar-refractivity contribution >= 4 is 34.2 Å². The van der Waals surface area contributed by atoms with Crippen molar-refractivity contribution in [3.8, 4) is 0 Å². The summed E-state index contributed by atoms with van der Waals surface area (Å²) in [7, 11) is 0. The molecule has 2 rings (SSSR count). The van der Waals surface area contributed by atoms with Crippen LogP contribution < -0.4 is 10.9 Å². The lowest BCUT2D eigenvalue weighted by Gasteiger charge is -2.08. The van der Waals surface area contributed by atoms with Crippen LogP contribution >= 0.6 is 22.6 Å². The van der Waals surface area contributed by atoms with Gasteiger partial charge in [-0.15, -0.1) is 0 Å². The van der Waals surface area contributed by atoms with Gasteiger partial charge in [0.1, 0.15) is 5.82 Å². The third-order valence-electron chi connectivity index (χ3n) is 3.09. The Morgan fingerprint density at radius 3 is 2.71 bits per heavy atom. The Labute approximate surface area is 136 Å². The highest BCUT2D eigenvalue weighted by molar-refractivity contribution is 14.1. The number of aryl methyl sites for hydroxylation is 2. The molecule has 0 saturated heterocycles. The minimum atomic E-state index is -0.165. The van der Waals surface area contributed by atoms with Gasteiger partial charge in [-0.3, -0.25) is 9.59 Å². The van der Waals surface area contributed by atoms with Crippen LogP contribution in [-0.4, -0.2) is 15.9 Å². The van der Waals surface area contributed by atoms with E-state index in [1.807, 2.05) is 24.3 Å². The maximum Gasteiger partial charge on any atom is 0.254 e. The number of carbonyl (C=O) groups is 1. The summed E-state index contributed by atoms with van der Waals surface area (Å²) in [6.45, 7) is 3.53. The molecule has 1 aromatic heterocycles. The molecule has 1 heterocycles. The van der Waals surface area contributed by atoms with Gasteiger partial charge >= 0.3 is 0 Å². The number of aromatic amines is 1. The largest absolute Gasteiger partial charge is 0.325 e. The lowest BCUT2D eigenvalue weighted by molar-refractivity contribution is -0.116. The van der Waals surface area contributed by atoms with E-state index in [0.29, 0.717) is 23.5 Å². The fourth-order valence-corrected chi connectivity index (χ4v) is 2.58. The molecule has 1 aromatic carbocycles. The fraction of sp³-hybridized carbons (Fsp3) is 0.267. The van der Waals surface area contributed by atoms with E-state index < -0.39 is 0 Å². The second-order valence-electron chi connectivity index (χ2n) is 4.74. The van der Waals surface area contributed by atoms with Gasteiger partial charge in [-0.25, -0.2) is 4.98 Å². The van der Waals surface area contributed by atoms with Crippen LogP contribution in [0.3, 0.4) is 0 Å². The van der Waals surface area contributed by atoms with Crippen molar-refractivity contribution in [1.82, 2.24) is 9.97 Å². The van der Waals surface area contributed by atoms with Crippen LogP contribution in [0, 0.1) is 17.4 Å². The Morgan fingerprint density at radius 2 is 2.05 bits per heavy atom. The van der Waals surface area contributed by atoms with E-state index in [-0.39, 0.29) is 17.9 Å². The molecular weight excluding hydrogens is 381 g/mol. The molecule has 0 atom stereocenters. The lowest BCUT2D eigenvalue weighted by Crippen LogP contribution is -2.20. The first-order valence-electron chi connectivity index (χ1n) is 6.58. The van der Waals surface area contributed by atoms with E-state index in [1.165, 1.54) is 0 Å². The summed E-state index contributed by atoms with van der Waals surface area (Å²) in [5.41, 5.74) is 1.87. The number of para-hydroxylation sites is 1. The van der Waals surface area contributed by atoms with Gasteiger partial charge in [-0.2, -0.15) is 0 Å². The number of H-pyrrole nitrogens is 1. The average Bonchev–Trinajstić information content (AvgIpc) is 2.40. The SMILES string of the molecule is Cc1nc(C)c(CCC(=O)Nc2ccccc2I)c(=O)[nH]1. The van der Waals surface area contributed by atoms with Gasteiger partial charge in [0.2, 0.25) is 5.91 Å². The maximum atomic E-state index is 12.0. The highest BCUT2D eigenvalue weighted by Crippen LogP contribution is 2.17. The summed E-state index contributed by atoms with van der Waals surface area (Å²) in [4.78, 5) is 30.7. The first-order chi connectivity index (χ1) is 9.97. The van der Waals surface area contributed by atoms with Gasteiger partial charge in [0.15, 0.2) is 0 Å². The average molecular weight is 397 g/mol. The number of nitrogens with one attached hydrogen (secondary N) is 2. The predicted octanol–water partition coefficient (Wildman–Crippen LogP) is 2.56. The molecule has 6 heteroatoms. The van der Waals surface area contributed by atoms with Crippen LogP contribution in [0.5, 0.6) is 0 Å². The molecule has 0 fully saturated rings. The van der Waals surface area contributed by atoms with Crippen LogP contribution in [-0.2, 0) is 11.2 Å². The normalized spacial score (nSPS) is 10.4. The van der Waals surface area contributed by atoms with E-state index in [4.69, 9.17) is 0 Å². The van der Waals surface area contributed by atoms with E-state index in [1.54, 1.807) is 13.8 Å². The van der Waals surface area contributed by atoms with E-state index in [9.17, 15) is 9.59 Å². The molecule has 0 saturated carbocycles. The molecule has 2 aromatic rings. The molecule has 110 valence electrons. The molecule has 0 aliphatic rings. The zero-order valence-corrected chi connectivity index (χ0v) is 14.0. The van der Waals surface area contributed by atoms with Crippen molar-refractivity contribution in [3.05, 3.63) is 55.3 Å². The molecule has 0 aliphatic heterocycles. The zero-order chi connectivity index (χ0) is 15.4. The summed E-state index contributed by atoms with van der Waals surface area (Å²) < 4.78 is 0.981. The molecule has 0 radical (unpaired) electrons. The van der Waals surface area contributed by atoms with Crippen LogP contribution in [0.15, 0.2) is 29.1 Å². The summed E-state index contributed by atoms with van der Waals surface area (Å²) in [6, 6.07) is 7.56. The Bertz CT molecular complexity index is 725. The number of carbonyl (C=O) groups excluding carboxylic acids is 1. The van der Waals surface area contributed by atoms with Gasteiger partial charge in [0, 0.05) is 21.2 Å². The van der Waals surface area contributed by atoms with Gasteiger partial charge in [-0.05, 0) is 55.0 Å². The maximum absolute atomic E-state index is 12.0. The molecule has 0 bridgehead atoms. The number of hydrogen-bond donors (Lipinski definition) is 2. The Kier molecular flexibility index (Phi) is 5.11. The monoisotopic (exact) mass is 397 g/mol. The molecular formula is C15H16IN3O2. The number of rotatable bonds is 4. The van der Waals surface area contributed by atoms with Gasteiger partial charge in [0.25, 0.3) is 5.56 Å². The Hall–Kier alpha value is -1.70. The first kappa shape index (κ1) is 15.7. The minimum Gasteiger partial charge on any atom is -0.325 e. The summed E-state index contributed by atoms with van der Waals surface area (Å²) >= 11 is 2.17. The molecule has 0 unspecified atom stereocenters. The quantitative estimate of drug-likeness (QED) is 0.779. The van der Waals surface area contributed by atoms with Crippen molar-refractivity contribution in [2.75, 3.05) is 5.32 Å². The van der Waals surface area contributed by atoms with Crippen LogP contribution in [0.25, 0.3) is 0 Å². The topological polar surface area (TPSA) is 74.8 Å². The summed E-state index contributed by atoms with van der Waals surface area (Å²) in [5.74, 6) is 0.475. The standard InChI is InChI=1S/C15H16IN3O2/c1-9-11(15(21)18-10(2)17-9)7-8-14(20)19-13-6-4-3-5-12(13)16/h3-6H,7-8H2,1-2H3,(H,19,20)(H,17,18,21). The third kappa shape index (κ3) is 4.13. The number of hydrogen-bond acceptors (Lipinski definition) is 3. The predicted molar refractivity (Wildman–Crippen MR) is 90.4 cm³/mol. The molecule has 1 amide bonds. The Morgan fingerprint density at radius 1 is 1.33 bits per heavy atom. The number of benzene rings is 1. The zero-order valence-electron chi connectivity index (χ0n) is 11.9. The molecule has 5 nitrogen and oxygen atoms in total. The first-order valence-corrected chi connectivity index (χ1v) is 7.66. The summed E-state index contributed by atoms with van der Waals surface area (Å²) in [5, 5.41) is 2.85. The van der Waals surface area contributed by atoms with Crippen molar-refractivity contribution < 1.29 is 4.79 Å². The number of amides is 1. The van der Waals surface area contributed by atoms with E-state index >= 15 is 0 Å². The van der Waals surface area contributed by atoms with Crippen molar-refractivity contribution in [2.24, 2.45) is 0 Å². The highest BCUT2D eigenvalue weighted by Gasteiger charge is 2.10. The number of aromatic nitrogens is 2. The minimum absolute atomic E-state index is 0.113. The molecule has 21 heavy (non-hydrogen) atoms. The second-order valence-corrected chi connectivity index (χ2v) is 5.91. The Balaban J connectivity index is 2.02. The van der Waals surface area contributed by atoms with Gasteiger partial charge < -0.3 is 10.3 Å². The lowest BCUT2D eigenvalue weighted by atomic mass is 10.1. The third-order valence-corrected chi connectivity index (χ3v) is 4.03. The smallest absolute Gasteiger partial charge is 0.254 e. The molecule has 2 N–H and O–H groups in total. The molecule has 0 spiro atoms. The van der Waals surface area contributed by atoms with Crippen LogP contribution in [0.4, 0.5) is 5.69 Å². The van der Waals surface area contributed by atoms with Crippen LogP contribution in [0.1, 0.15) is 23.5 Å². The van der Waals surface area contributed by atoms with Crippen molar-refractivity contribution in [3.63, 3.8) is 0 Å².